The molecule has 1 N–H and O–H groups in total. The minimum Gasteiger partial charge on any atom is -0.321 e. The molecule has 0 radical (unpaired) electrons. The Hall–Kier alpha value is -2.36. The van der Waals surface area contributed by atoms with Crippen molar-refractivity contribution in [3.05, 3.63) is 81.2 Å². The van der Waals surface area contributed by atoms with Crippen LogP contribution in [-0.2, 0) is 12.7 Å². The summed E-state index contributed by atoms with van der Waals surface area (Å²) in [5.74, 6) is -0.465. The summed E-state index contributed by atoms with van der Waals surface area (Å²) in [7, 11) is 0. The number of halogens is 4. The van der Waals surface area contributed by atoms with Crippen molar-refractivity contribution in [1.82, 2.24) is 9.78 Å². The number of amides is 1. The molecule has 1 amide bonds. The summed E-state index contributed by atoms with van der Waals surface area (Å²) in [5, 5.41) is 6.65. The lowest BCUT2D eigenvalue weighted by Gasteiger charge is -2.12. The van der Waals surface area contributed by atoms with E-state index >= 15 is 0 Å². The van der Waals surface area contributed by atoms with Crippen molar-refractivity contribution in [3.63, 3.8) is 0 Å². The highest BCUT2D eigenvalue weighted by molar-refractivity contribution is 14.1. The molecule has 0 saturated heterocycles. The van der Waals surface area contributed by atoms with Crippen molar-refractivity contribution in [2.75, 3.05) is 5.32 Å². The van der Waals surface area contributed by atoms with Gasteiger partial charge in [-0.05, 0) is 64.6 Å². The third-order valence-electron chi connectivity index (χ3n) is 3.66. The first kappa shape index (κ1) is 18.4. The number of aromatic nitrogens is 2. The first-order chi connectivity index (χ1) is 12.3. The topological polar surface area (TPSA) is 46.9 Å². The van der Waals surface area contributed by atoms with Crippen LogP contribution in [0.3, 0.4) is 0 Å². The van der Waals surface area contributed by atoms with Gasteiger partial charge in [-0.25, -0.2) is 0 Å². The van der Waals surface area contributed by atoms with Gasteiger partial charge in [0.05, 0.1) is 17.8 Å². The van der Waals surface area contributed by atoms with E-state index in [2.05, 4.69) is 10.4 Å². The van der Waals surface area contributed by atoms with Gasteiger partial charge >= 0.3 is 6.18 Å². The third kappa shape index (κ3) is 4.43. The molecule has 4 nitrogen and oxygen atoms in total. The second-order valence-electron chi connectivity index (χ2n) is 5.55. The van der Waals surface area contributed by atoms with Crippen molar-refractivity contribution < 1.29 is 18.0 Å². The predicted molar refractivity (Wildman–Crippen MR) is 99.9 cm³/mol. The van der Waals surface area contributed by atoms with Gasteiger partial charge in [0.25, 0.3) is 5.91 Å². The SMILES string of the molecule is O=C(Nc1cc(C(F)(F)F)ccc1I)c1ccc(Cn2cccn2)cc1. The predicted octanol–water partition coefficient (Wildman–Crippen LogP) is 4.81. The van der Waals surface area contributed by atoms with E-state index in [-0.39, 0.29) is 5.69 Å². The Morgan fingerprint density at radius 2 is 1.88 bits per heavy atom. The second kappa shape index (κ2) is 7.48. The molecule has 0 spiro atoms. The molecule has 1 heterocycles. The Morgan fingerprint density at radius 3 is 2.50 bits per heavy atom. The first-order valence-corrected chi connectivity index (χ1v) is 8.65. The third-order valence-corrected chi connectivity index (χ3v) is 4.60. The average molecular weight is 471 g/mol. The number of carbonyl (C=O) groups is 1. The van der Waals surface area contributed by atoms with Crippen molar-refractivity contribution in [2.24, 2.45) is 0 Å². The minimum absolute atomic E-state index is 0.131. The van der Waals surface area contributed by atoms with Gasteiger partial charge in [-0.15, -0.1) is 0 Å². The summed E-state index contributed by atoms with van der Waals surface area (Å²) in [6.07, 6.45) is -0.952. The molecule has 3 rings (SSSR count). The lowest BCUT2D eigenvalue weighted by Crippen LogP contribution is -2.14. The van der Waals surface area contributed by atoms with Gasteiger partial charge in [-0.1, -0.05) is 12.1 Å². The van der Waals surface area contributed by atoms with Crippen LogP contribution in [0.5, 0.6) is 0 Å². The van der Waals surface area contributed by atoms with Crippen molar-refractivity contribution in [1.29, 1.82) is 0 Å². The zero-order valence-corrected chi connectivity index (χ0v) is 15.5. The van der Waals surface area contributed by atoms with E-state index in [4.69, 9.17) is 0 Å². The van der Waals surface area contributed by atoms with Crippen LogP contribution >= 0.6 is 22.6 Å². The molecule has 0 saturated carbocycles. The molecule has 2 aromatic carbocycles. The molecule has 0 atom stereocenters. The molecular formula is C18H13F3IN3O. The van der Waals surface area contributed by atoms with Gasteiger partial charge in [-0.3, -0.25) is 9.48 Å². The van der Waals surface area contributed by atoms with Gasteiger partial charge in [0.2, 0.25) is 0 Å². The number of benzene rings is 2. The van der Waals surface area contributed by atoms with Crippen LogP contribution in [0.25, 0.3) is 0 Å². The molecule has 0 aliphatic heterocycles. The Bertz CT molecular complexity index is 906. The van der Waals surface area contributed by atoms with E-state index in [1.54, 1.807) is 35.1 Å². The molecule has 0 fully saturated rings. The van der Waals surface area contributed by atoms with Gasteiger partial charge < -0.3 is 5.32 Å². The monoisotopic (exact) mass is 471 g/mol. The molecule has 3 aromatic rings. The summed E-state index contributed by atoms with van der Waals surface area (Å²) >= 11 is 1.88. The van der Waals surface area contributed by atoms with Crippen LogP contribution in [-0.4, -0.2) is 15.7 Å². The van der Waals surface area contributed by atoms with E-state index in [0.717, 1.165) is 17.7 Å². The van der Waals surface area contributed by atoms with Crippen LogP contribution < -0.4 is 5.32 Å². The Balaban J connectivity index is 1.74. The van der Waals surface area contributed by atoms with E-state index in [1.807, 2.05) is 34.9 Å². The molecule has 0 bridgehead atoms. The molecule has 0 aliphatic rings. The first-order valence-electron chi connectivity index (χ1n) is 7.57. The molecule has 0 aliphatic carbocycles. The van der Waals surface area contributed by atoms with Gasteiger partial charge in [-0.2, -0.15) is 18.3 Å². The number of nitrogens with zero attached hydrogens (tertiary/aromatic N) is 2. The Morgan fingerprint density at radius 1 is 1.15 bits per heavy atom. The van der Waals surface area contributed by atoms with Gasteiger partial charge in [0.15, 0.2) is 0 Å². The maximum absolute atomic E-state index is 12.8. The van der Waals surface area contributed by atoms with E-state index in [0.29, 0.717) is 15.7 Å². The lowest BCUT2D eigenvalue weighted by atomic mass is 10.1. The molecule has 0 unspecified atom stereocenters. The maximum Gasteiger partial charge on any atom is 0.416 e. The minimum atomic E-state index is -4.46. The smallest absolute Gasteiger partial charge is 0.321 e. The molecule has 134 valence electrons. The second-order valence-corrected chi connectivity index (χ2v) is 6.71. The Labute approximate surface area is 161 Å². The van der Waals surface area contributed by atoms with Crippen molar-refractivity contribution in [3.8, 4) is 0 Å². The highest BCUT2D eigenvalue weighted by atomic mass is 127. The summed E-state index contributed by atoms with van der Waals surface area (Å²) in [4.78, 5) is 12.3. The summed E-state index contributed by atoms with van der Waals surface area (Å²) < 4.78 is 40.8. The van der Waals surface area contributed by atoms with Crippen LogP contribution in [0.4, 0.5) is 18.9 Å². The number of anilines is 1. The Kier molecular flexibility index (Phi) is 5.30. The summed E-state index contributed by atoms with van der Waals surface area (Å²) in [5.41, 5.74) is 0.648. The molecule has 8 heteroatoms. The number of hydrogen-bond acceptors (Lipinski definition) is 2. The molecule has 26 heavy (non-hydrogen) atoms. The average Bonchev–Trinajstić information content (AvgIpc) is 3.09. The fraction of sp³-hybridized carbons (Fsp3) is 0.111. The maximum atomic E-state index is 12.8. The highest BCUT2D eigenvalue weighted by Gasteiger charge is 2.31. The standard InChI is InChI=1S/C18H13F3IN3O/c19-18(20,21)14-6-7-15(22)16(10-14)24-17(26)13-4-2-12(3-5-13)11-25-9-1-8-23-25/h1-10H,11H2,(H,24,26). The zero-order chi connectivity index (χ0) is 18.7. The zero-order valence-electron chi connectivity index (χ0n) is 13.3. The number of nitrogens with one attached hydrogen (secondary N) is 1. The van der Waals surface area contributed by atoms with Crippen LogP contribution in [0.2, 0.25) is 0 Å². The largest absolute Gasteiger partial charge is 0.416 e. The summed E-state index contributed by atoms with van der Waals surface area (Å²) in [6.45, 7) is 0.570. The number of carbonyl (C=O) groups excluding carboxylic acids is 1. The van der Waals surface area contributed by atoms with Crippen LogP contribution in [0, 0.1) is 3.57 Å². The fourth-order valence-electron chi connectivity index (χ4n) is 2.33. The van der Waals surface area contributed by atoms with Crippen molar-refractivity contribution >= 4 is 34.2 Å². The number of rotatable bonds is 4. The lowest BCUT2D eigenvalue weighted by molar-refractivity contribution is -0.137. The number of hydrogen-bond donors (Lipinski definition) is 1. The highest BCUT2D eigenvalue weighted by Crippen LogP contribution is 2.32. The quantitative estimate of drug-likeness (QED) is 0.556. The normalized spacial score (nSPS) is 11.4. The van der Waals surface area contributed by atoms with E-state index in [1.165, 1.54) is 6.07 Å². The number of alkyl halides is 3. The fourth-order valence-corrected chi connectivity index (χ4v) is 2.80. The van der Waals surface area contributed by atoms with Gasteiger partial charge in [0, 0.05) is 21.5 Å². The molecular weight excluding hydrogens is 458 g/mol. The van der Waals surface area contributed by atoms with Crippen molar-refractivity contribution in [2.45, 2.75) is 12.7 Å². The van der Waals surface area contributed by atoms with E-state index < -0.39 is 17.6 Å². The van der Waals surface area contributed by atoms with Gasteiger partial charge in [0.1, 0.15) is 0 Å². The summed E-state index contributed by atoms with van der Waals surface area (Å²) in [6, 6.07) is 11.9. The van der Waals surface area contributed by atoms with E-state index in [9.17, 15) is 18.0 Å². The van der Waals surface area contributed by atoms with Crippen LogP contribution in [0.1, 0.15) is 21.5 Å². The van der Waals surface area contributed by atoms with Crippen LogP contribution in [0.15, 0.2) is 60.9 Å². The molecule has 1 aromatic heterocycles.